The predicted molar refractivity (Wildman–Crippen MR) is 104 cm³/mol. The van der Waals surface area contributed by atoms with Crippen molar-refractivity contribution in [2.75, 3.05) is 0 Å². The summed E-state index contributed by atoms with van der Waals surface area (Å²) in [6, 6.07) is -0.0576. The van der Waals surface area contributed by atoms with E-state index in [9.17, 15) is 4.91 Å². The summed E-state index contributed by atoms with van der Waals surface area (Å²) in [5.41, 5.74) is 2.43. The molecule has 2 nitrogen and oxygen atoms in total. The zero-order valence-electron chi connectivity index (χ0n) is 16.3. The highest BCUT2D eigenvalue weighted by atomic mass is 16.3. The largest absolute Gasteiger partial charge is 0.150 e. The van der Waals surface area contributed by atoms with E-state index in [2.05, 4.69) is 44.7 Å². The van der Waals surface area contributed by atoms with Gasteiger partial charge in [-0.1, -0.05) is 43.7 Å². The second-order valence-corrected chi connectivity index (χ2v) is 10.1. The van der Waals surface area contributed by atoms with Crippen molar-refractivity contribution in [3.8, 4) is 0 Å². The third-order valence-corrected chi connectivity index (χ3v) is 9.30. The van der Waals surface area contributed by atoms with Gasteiger partial charge in [-0.05, 0) is 91.8 Å². The fraction of sp³-hybridized carbons (Fsp3) is 0.826. The molecular formula is C23H35NO. The molecule has 3 fully saturated rings. The molecule has 0 N–H and O–H groups in total. The van der Waals surface area contributed by atoms with Crippen LogP contribution in [0.2, 0.25) is 0 Å². The van der Waals surface area contributed by atoms with Crippen LogP contribution in [-0.2, 0) is 0 Å². The lowest BCUT2D eigenvalue weighted by atomic mass is 9.46. The maximum Gasteiger partial charge on any atom is 0.110 e. The molecule has 0 heterocycles. The molecule has 4 rings (SSSR count). The minimum atomic E-state index is -0.0576. The van der Waals surface area contributed by atoms with Crippen molar-refractivity contribution in [1.82, 2.24) is 0 Å². The van der Waals surface area contributed by atoms with Gasteiger partial charge in [0.2, 0.25) is 0 Å². The van der Waals surface area contributed by atoms with Crippen LogP contribution in [-0.4, -0.2) is 6.04 Å². The Bertz CT molecular complexity index is 595. The maximum atomic E-state index is 11.0. The summed E-state index contributed by atoms with van der Waals surface area (Å²) in [5.74, 6) is 4.10. The van der Waals surface area contributed by atoms with Gasteiger partial charge in [-0.2, -0.15) is 4.91 Å². The van der Waals surface area contributed by atoms with Crippen molar-refractivity contribution < 1.29 is 0 Å². The van der Waals surface area contributed by atoms with E-state index in [0.29, 0.717) is 16.7 Å². The Morgan fingerprint density at radius 1 is 1.16 bits per heavy atom. The number of hydrogen-bond acceptors (Lipinski definition) is 2. The van der Waals surface area contributed by atoms with Gasteiger partial charge < -0.3 is 0 Å². The van der Waals surface area contributed by atoms with Crippen molar-refractivity contribution in [2.45, 2.75) is 78.2 Å². The summed E-state index contributed by atoms with van der Waals surface area (Å²) in [5, 5.41) is 3.34. The molecule has 8 atom stereocenters. The van der Waals surface area contributed by atoms with Crippen molar-refractivity contribution >= 4 is 0 Å². The highest BCUT2D eigenvalue weighted by Gasteiger charge is 2.59. The fourth-order valence-corrected chi connectivity index (χ4v) is 7.86. The molecule has 0 spiro atoms. The SMILES string of the molecule is C=C[C@@H](C)[C@H]1CCC2C3CCC4=C[C@@H](N=O)CCC4(C)C3CCC21C. The van der Waals surface area contributed by atoms with Crippen LogP contribution in [0.5, 0.6) is 0 Å². The van der Waals surface area contributed by atoms with E-state index in [0.717, 1.165) is 30.1 Å². The third-order valence-electron chi connectivity index (χ3n) is 9.30. The minimum absolute atomic E-state index is 0.0576. The zero-order chi connectivity index (χ0) is 17.8. The minimum Gasteiger partial charge on any atom is -0.150 e. The van der Waals surface area contributed by atoms with Crippen LogP contribution in [0.3, 0.4) is 0 Å². The van der Waals surface area contributed by atoms with Crippen LogP contribution < -0.4 is 0 Å². The van der Waals surface area contributed by atoms with Gasteiger partial charge in [-0.25, -0.2) is 0 Å². The highest BCUT2D eigenvalue weighted by molar-refractivity contribution is 5.26. The van der Waals surface area contributed by atoms with Crippen molar-refractivity contribution in [3.05, 3.63) is 29.2 Å². The number of rotatable bonds is 3. The Morgan fingerprint density at radius 2 is 1.96 bits per heavy atom. The first-order valence-electron chi connectivity index (χ1n) is 10.6. The molecule has 0 amide bonds. The Labute approximate surface area is 153 Å². The van der Waals surface area contributed by atoms with Crippen LogP contribution in [0.1, 0.15) is 72.1 Å². The molecule has 0 aromatic rings. The molecule has 0 aromatic carbocycles. The Hall–Kier alpha value is -0.920. The zero-order valence-corrected chi connectivity index (χ0v) is 16.3. The second-order valence-electron chi connectivity index (χ2n) is 10.1. The lowest BCUT2D eigenvalue weighted by Gasteiger charge is -2.58. The van der Waals surface area contributed by atoms with Crippen molar-refractivity contribution in [3.63, 3.8) is 0 Å². The summed E-state index contributed by atoms with van der Waals surface area (Å²) >= 11 is 0. The first kappa shape index (κ1) is 17.5. The first-order chi connectivity index (χ1) is 11.9. The monoisotopic (exact) mass is 341 g/mol. The van der Waals surface area contributed by atoms with Crippen LogP contribution in [0.25, 0.3) is 0 Å². The molecule has 5 unspecified atom stereocenters. The van der Waals surface area contributed by atoms with Crippen LogP contribution in [0.15, 0.2) is 29.5 Å². The topological polar surface area (TPSA) is 29.4 Å². The van der Waals surface area contributed by atoms with Gasteiger partial charge in [0.15, 0.2) is 0 Å². The van der Waals surface area contributed by atoms with E-state index in [1.165, 1.54) is 44.9 Å². The number of hydrogen-bond donors (Lipinski definition) is 0. The highest BCUT2D eigenvalue weighted by Crippen LogP contribution is 2.67. The van der Waals surface area contributed by atoms with Gasteiger partial charge in [-0.3, -0.25) is 0 Å². The van der Waals surface area contributed by atoms with Gasteiger partial charge in [0.05, 0.1) is 0 Å². The second kappa shape index (κ2) is 6.06. The predicted octanol–water partition coefficient (Wildman–Crippen LogP) is 6.52. The smallest absolute Gasteiger partial charge is 0.110 e. The number of fused-ring (bicyclic) bond motifs is 5. The molecule has 2 heteroatoms. The van der Waals surface area contributed by atoms with E-state index in [1.54, 1.807) is 5.57 Å². The normalized spacial score (nSPS) is 50.0. The quantitative estimate of drug-likeness (QED) is 0.424. The van der Waals surface area contributed by atoms with Gasteiger partial charge in [-0.15, -0.1) is 6.58 Å². The van der Waals surface area contributed by atoms with E-state index in [-0.39, 0.29) is 6.04 Å². The van der Waals surface area contributed by atoms with Crippen LogP contribution in [0, 0.1) is 45.3 Å². The third kappa shape index (κ3) is 2.42. The van der Waals surface area contributed by atoms with Crippen LogP contribution in [0.4, 0.5) is 0 Å². The van der Waals surface area contributed by atoms with Gasteiger partial charge in [0.1, 0.15) is 6.04 Å². The lowest BCUT2D eigenvalue weighted by Crippen LogP contribution is -2.51. The van der Waals surface area contributed by atoms with E-state index in [1.807, 2.05) is 0 Å². The summed E-state index contributed by atoms with van der Waals surface area (Å²) < 4.78 is 0. The molecule has 4 aliphatic carbocycles. The van der Waals surface area contributed by atoms with Crippen molar-refractivity contribution in [2.24, 2.45) is 45.6 Å². The molecule has 25 heavy (non-hydrogen) atoms. The average molecular weight is 342 g/mol. The Kier molecular flexibility index (Phi) is 4.24. The maximum absolute atomic E-state index is 11.0. The molecule has 0 saturated heterocycles. The number of allylic oxidation sites excluding steroid dienone is 2. The van der Waals surface area contributed by atoms with E-state index >= 15 is 0 Å². The Balaban J connectivity index is 1.62. The average Bonchev–Trinajstić information content (AvgIpc) is 2.97. The van der Waals surface area contributed by atoms with Crippen LogP contribution >= 0.6 is 0 Å². The molecule has 4 aliphatic rings. The Morgan fingerprint density at radius 3 is 2.68 bits per heavy atom. The first-order valence-corrected chi connectivity index (χ1v) is 10.6. The summed E-state index contributed by atoms with van der Waals surface area (Å²) in [6.07, 6.45) is 14.7. The fourth-order valence-electron chi connectivity index (χ4n) is 7.86. The van der Waals surface area contributed by atoms with E-state index in [4.69, 9.17) is 0 Å². The van der Waals surface area contributed by atoms with Gasteiger partial charge in [0, 0.05) is 0 Å². The lowest BCUT2D eigenvalue weighted by molar-refractivity contribution is -0.0562. The molecular weight excluding hydrogens is 306 g/mol. The van der Waals surface area contributed by atoms with Gasteiger partial charge >= 0.3 is 0 Å². The number of nitroso groups, excluding NO2 is 1. The molecule has 138 valence electrons. The molecule has 0 radical (unpaired) electrons. The standard InChI is InChI=1S/C23H35NO/c1-5-15(2)19-8-9-20-18-7-6-16-14-17(24-25)10-12-22(16,3)21(18)11-13-23(19,20)4/h5,14-15,17-21H,1,6-13H2,2-4H3/t15-,17+,18?,19-,20?,21?,22?,23?/m1/s1. The molecule has 3 saturated carbocycles. The molecule has 0 aliphatic heterocycles. The van der Waals surface area contributed by atoms with E-state index < -0.39 is 0 Å². The summed E-state index contributed by atoms with van der Waals surface area (Å²) in [7, 11) is 0. The van der Waals surface area contributed by atoms with Gasteiger partial charge in [0.25, 0.3) is 0 Å². The molecule has 0 aromatic heterocycles. The summed E-state index contributed by atoms with van der Waals surface area (Å²) in [6.45, 7) is 11.6. The number of nitrogens with zero attached hydrogens (tertiary/aromatic N) is 1. The van der Waals surface area contributed by atoms with Crippen molar-refractivity contribution in [1.29, 1.82) is 0 Å². The summed E-state index contributed by atoms with van der Waals surface area (Å²) in [4.78, 5) is 11.0. The molecule has 0 bridgehead atoms.